The predicted octanol–water partition coefficient (Wildman–Crippen LogP) is 3.12. The highest BCUT2D eigenvalue weighted by molar-refractivity contribution is 6.33. The molecule has 0 spiro atoms. The smallest absolute Gasteiger partial charge is 0.224 e. The maximum Gasteiger partial charge on any atom is 0.224 e. The fraction of sp³-hybridized carbons (Fsp3) is 0.250. The van der Waals surface area contributed by atoms with Crippen molar-refractivity contribution >= 4 is 23.2 Å². The molecule has 0 aromatic heterocycles. The Labute approximate surface area is 99.7 Å². The van der Waals surface area contributed by atoms with E-state index in [0.717, 1.165) is 0 Å². The minimum atomic E-state index is -0.141. The van der Waals surface area contributed by atoms with E-state index in [-0.39, 0.29) is 11.7 Å². The van der Waals surface area contributed by atoms with Gasteiger partial charge >= 0.3 is 0 Å². The summed E-state index contributed by atoms with van der Waals surface area (Å²) in [5.74, 6) is -0.0338. The van der Waals surface area contributed by atoms with Crippen molar-refractivity contribution in [2.45, 2.75) is 19.8 Å². The summed E-state index contributed by atoms with van der Waals surface area (Å²) >= 11 is 5.98. The van der Waals surface area contributed by atoms with Gasteiger partial charge in [-0.2, -0.15) is 0 Å². The van der Waals surface area contributed by atoms with Gasteiger partial charge in [0.1, 0.15) is 5.75 Å². The molecule has 0 aliphatic rings. The Kier molecular flexibility index (Phi) is 4.38. The molecule has 0 heterocycles. The minimum absolute atomic E-state index is 0.107. The Hall–Kier alpha value is -1.48. The van der Waals surface area contributed by atoms with Crippen molar-refractivity contribution in [2.24, 2.45) is 0 Å². The molecule has 0 saturated carbocycles. The largest absolute Gasteiger partial charge is 0.508 e. The Balaban J connectivity index is 3.00. The molecule has 0 radical (unpaired) electrons. The van der Waals surface area contributed by atoms with E-state index in [1.807, 2.05) is 0 Å². The van der Waals surface area contributed by atoms with Crippen LogP contribution in [0.2, 0.25) is 5.02 Å². The second-order valence-electron chi connectivity index (χ2n) is 3.36. The van der Waals surface area contributed by atoms with E-state index >= 15 is 0 Å². The number of carbonyl (C=O) groups excluding carboxylic acids is 1. The fourth-order valence-corrected chi connectivity index (χ4v) is 1.49. The van der Waals surface area contributed by atoms with Gasteiger partial charge in [0.15, 0.2) is 0 Å². The maximum atomic E-state index is 11.2. The van der Waals surface area contributed by atoms with Crippen LogP contribution in [-0.4, -0.2) is 11.0 Å². The number of hydrogen-bond donors (Lipinski definition) is 2. The zero-order chi connectivity index (χ0) is 12.1. The number of nitrogens with one attached hydrogen (secondary N) is 1. The number of phenols is 1. The Morgan fingerprint density at radius 1 is 1.62 bits per heavy atom. The first-order valence-electron chi connectivity index (χ1n) is 5.00. The number of hydrogen-bond acceptors (Lipinski definition) is 2. The van der Waals surface area contributed by atoms with E-state index in [9.17, 15) is 9.90 Å². The first-order chi connectivity index (χ1) is 7.58. The third-order valence-corrected chi connectivity index (χ3v) is 2.44. The monoisotopic (exact) mass is 239 g/mol. The molecular formula is C12H14ClNO2. The second-order valence-corrected chi connectivity index (χ2v) is 3.76. The van der Waals surface area contributed by atoms with E-state index in [1.54, 1.807) is 19.1 Å². The van der Waals surface area contributed by atoms with Crippen LogP contribution in [0.4, 0.5) is 5.69 Å². The summed E-state index contributed by atoms with van der Waals surface area (Å²) in [5.41, 5.74) is 1.12. The van der Waals surface area contributed by atoms with Crippen molar-refractivity contribution in [1.82, 2.24) is 0 Å². The average molecular weight is 240 g/mol. The highest BCUT2D eigenvalue weighted by Crippen LogP contribution is 2.30. The summed E-state index contributed by atoms with van der Waals surface area (Å²) < 4.78 is 0. The summed E-state index contributed by atoms with van der Waals surface area (Å²) in [5, 5.41) is 12.7. The lowest BCUT2D eigenvalue weighted by Crippen LogP contribution is -2.09. The first-order valence-corrected chi connectivity index (χ1v) is 5.38. The molecule has 2 N–H and O–H groups in total. The van der Waals surface area contributed by atoms with Crippen molar-refractivity contribution in [2.75, 3.05) is 5.32 Å². The van der Waals surface area contributed by atoms with Crippen LogP contribution in [0.3, 0.4) is 0 Å². The molecule has 0 bridgehead atoms. The molecule has 0 fully saturated rings. The number of allylic oxidation sites excluding steroid dienone is 1. The van der Waals surface area contributed by atoms with Gasteiger partial charge in [0.2, 0.25) is 5.91 Å². The normalized spacial score (nSPS) is 9.88. The molecule has 0 aliphatic heterocycles. The molecule has 1 aromatic carbocycles. The summed E-state index contributed by atoms with van der Waals surface area (Å²) in [6.45, 7) is 5.33. The van der Waals surface area contributed by atoms with Crippen LogP contribution < -0.4 is 5.32 Å². The molecule has 3 nitrogen and oxygen atoms in total. The lowest BCUT2D eigenvalue weighted by Gasteiger charge is -2.09. The minimum Gasteiger partial charge on any atom is -0.508 e. The standard InChI is InChI=1S/C12H14ClNO2/c1-3-5-8-6-9(13)10(7-11(8)15)14-12(16)4-2/h3,6-7,15H,1,4-5H2,2H3,(H,14,16). The molecule has 86 valence electrons. The van der Waals surface area contributed by atoms with E-state index in [2.05, 4.69) is 11.9 Å². The molecule has 1 aromatic rings. The van der Waals surface area contributed by atoms with E-state index in [4.69, 9.17) is 11.6 Å². The third kappa shape index (κ3) is 3.00. The van der Waals surface area contributed by atoms with Crippen molar-refractivity contribution in [3.63, 3.8) is 0 Å². The number of phenolic OH excluding ortho intramolecular Hbond substituents is 1. The molecule has 4 heteroatoms. The van der Waals surface area contributed by atoms with Crippen LogP contribution in [0.15, 0.2) is 24.8 Å². The van der Waals surface area contributed by atoms with Crippen molar-refractivity contribution in [3.8, 4) is 5.75 Å². The van der Waals surface area contributed by atoms with Crippen molar-refractivity contribution in [3.05, 3.63) is 35.4 Å². The fourth-order valence-electron chi connectivity index (χ4n) is 1.26. The molecule has 0 saturated heterocycles. The van der Waals surface area contributed by atoms with Gasteiger partial charge in [0.05, 0.1) is 10.7 Å². The number of anilines is 1. The van der Waals surface area contributed by atoms with Gasteiger partial charge in [0.25, 0.3) is 0 Å². The summed E-state index contributed by atoms with van der Waals surface area (Å²) in [6, 6.07) is 3.08. The van der Waals surface area contributed by atoms with Crippen LogP contribution >= 0.6 is 11.6 Å². The average Bonchev–Trinajstić information content (AvgIpc) is 2.25. The Bertz CT molecular complexity index is 416. The van der Waals surface area contributed by atoms with Gasteiger partial charge in [0, 0.05) is 12.5 Å². The van der Waals surface area contributed by atoms with Crippen LogP contribution in [0, 0.1) is 0 Å². The van der Waals surface area contributed by atoms with Crippen LogP contribution in [0.25, 0.3) is 0 Å². The Morgan fingerprint density at radius 3 is 2.88 bits per heavy atom. The van der Waals surface area contributed by atoms with Gasteiger partial charge in [-0.05, 0) is 18.1 Å². The maximum absolute atomic E-state index is 11.2. The quantitative estimate of drug-likeness (QED) is 0.794. The third-order valence-electron chi connectivity index (χ3n) is 2.13. The van der Waals surface area contributed by atoms with Crippen LogP contribution in [0.5, 0.6) is 5.75 Å². The van der Waals surface area contributed by atoms with Gasteiger partial charge in [-0.1, -0.05) is 24.6 Å². The number of rotatable bonds is 4. The SMILES string of the molecule is C=CCc1cc(Cl)c(NC(=O)CC)cc1O. The summed E-state index contributed by atoms with van der Waals surface area (Å²) in [7, 11) is 0. The number of carbonyl (C=O) groups is 1. The second kappa shape index (κ2) is 5.56. The van der Waals surface area contributed by atoms with Gasteiger partial charge in [-0.3, -0.25) is 4.79 Å². The number of halogens is 1. The van der Waals surface area contributed by atoms with E-state index in [1.165, 1.54) is 6.07 Å². The molecule has 1 rings (SSSR count). The molecule has 16 heavy (non-hydrogen) atoms. The van der Waals surface area contributed by atoms with Gasteiger partial charge in [-0.15, -0.1) is 6.58 Å². The zero-order valence-corrected chi connectivity index (χ0v) is 9.84. The number of benzene rings is 1. The van der Waals surface area contributed by atoms with Crippen molar-refractivity contribution in [1.29, 1.82) is 0 Å². The number of amides is 1. The Morgan fingerprint density at radius 2 is 2.31 bits per heavy atom. The van der Waals surface area contributed by atoms with E-state index in [0.29, 0.717) is 29.1 Å². The first kappa shape index (κ1) is 12.6. The summed E-state index contributed by atoms with van der Waals surface area (Å²) in [6.07, 6.45) is 2.58. The molecule has 1 amide bonds. The van der Waals surface area contributed by atoms with E-state index < -0.39 is 0 Å². The predicted molar refractivity (Wildman–Crippen MR) is 65.9 cm³/mol. The van der Waals surface area contributed by atoms with Crippen LogP contribution in [0.1, 0.15) is 18.9 Å². The van der Waals surface area contributed by atoms with Crippen molar-refractivity contribution < 1.29 is 9.90 Å². The lowest BCUT2D eigenvalue weighted by molar-refractivity contribution is -0.115. The van der Waals surface area contributed by atoms with Gasteiger partial charge < -0.3 is 10.4 Å². The topological polar surface area (TPSA) is 49.3 Å². The summed E-state index contributed by atoms with van der Waals surface area (Å²) in [4.78, 5) is 11.2. The highest BCUT2D eigenvalue weighted by atomic mass is 35.5. The molecule has 0 aliphatic carbocycles. The molecule has 0 atom stereocenters. The van der Waals surface area contributed by atoms with Gasteiger partial charge in [-0.25, -0.2) is 0 Å². The molecular weight excluding hydrogens is 226 g/mol. The lowest BCUT2D eigenvalue weighted by atomic mass is 10.1. The zero-order valence-electron chi connectivity index (χ0n) is 9.09. The molecule has 0 unspecified atom stereocenters. The van der Waals surface area contributed by atoms with Crippen LogP contribution in [-0.2, 0) is 11.2 Å². The highest BCUT2D eigenvalue weighted by Gasteiger charge is 2.08. The number of aromatic hydroxyl groups is 1.